The zero-order valence-corrected chi connectivity index (χ0v) is 23.4. The molecule has 1 aromatic carbocycles. The van der Waals surface area contributed by atoms with Crippen molar-refractivity contribution in [3.63, 3.8) is 0 Å². The maximum Gasteiger partial charge on any atom is 0.471 e. The molecule has 2 aromatic heterocycles. The number of esters is 1. The number of benzene rings is 1. The minimum atomic E-state index is -5.32. The first kappa shape index (κ1) is 33.1. The van der Waals surface area contributed by atoms with E-state index in [1.807, 2.05) is 0 Å². The van der Waals surface area contributed by atoms with Crippen molar-refractivity contribution in [1.82, 2.24) is 25.3 Å². The first-order valence-corrected chi connectivity index (χ1v) is 12.8. The number of anilines is 2. The number of nitrogens with zero attached hydrogens (tertiary/aromatic N) is 4. The average molecular weight is 622 g/mol. The number of carbonyl (C=O) groups excluding carboxylic acids is 4. The quantitative estimate of drug-likeness (QED) is 0.225. The number of ether oxygens (including phenoxy) is 1. The fourth-order valence-corrected chi connectivity index (χ4v) is 3.64. The summed E-state index contributed by atoms with van der Waals surface area (Å²) in [5, 5.41) is 13.6. The van der Waals surface area contributed by atoms with E-state index in [4.69, 9.17) is 5.11 Å². The van der Waals surface area contributed by atoms with Gasteiger partial charge in [-0.15, -0.1) is 0 Å². The minimum absolute atomic E-state index is 0.124. The van der Waals surface area contributed by atoms with Crippen LogP contribution in [0.25, 0.3) is 11.2 Å². The lowest BCUT2D eigenvalue weighted by Crippen LogP contribution is -2.42. The lowest BCUT2D eigenvalue weighted by Gasteiger charge is -2.24. The second kappa shape index (κ2) is 13.7. The number of H-pyrrole nitrogens is 1. The topological polar surface area (TPSA) is 214 Å². The SMILES string of the molecule is COC(=O)[C@H](CCC(=O)O)NC(=O)c1ccc(N(Cc2cnc3nc(NC(=O)C(C)C)[nH]c(=O)c3n2)C(=O)C(F)(F)F)cc1. The Bertz CT molecular complexity index is 1640. The Balaban J connectivity index is 1.88. The van der Waals surface area contributed by atoms with E-state index in [9.17, 15) is 41.9 Å². The summed E-state index contributed by atoms with van der Waals surface area (Å²) in [5.74, 6) is -6.34. The predicted octanol–water partition coefficient (Wildman–Crippen LogP) is 1.54. The van der Waals surface area contributed by atoms with Crippen LogP contribution >= 0.6 is 0 Å². The van der Waals surface area contributed by atoms with Crippen molar-refractivity contribution in [3.05, 3.63) is 52.1 Å². The zero-order valence-electron chi connectivity index (χ0n) is 23.4. The molecule has 0 aliphatic rings. The van der Waals surface area contributed by atoms with Crippen molar-refractivity contribution < 1.29 is 47.0 Å². The Kier molecular flexibility index (Phi) is 10.3. The largest absolute Gasteiger partial charge is 0.481 e. The molecule has 0 radical (unpaired) electrons. The predicted molar refractivity (Wildman–Crippen MR) is 145 cm³/mol. The van der Waals surface area contributed by atoms with Gasteiger partial charge < -0.3 is 15.2 Å². The number of carboxylic acid groups (broad SMARTS) is 1. The maximum atomic E-state index is 13.5. The van der Waals surface area contributed by atoms with Gasteiger partial charge in [0.1, 0.15) is 6.04 Å². The summed E-state index contributed by atoms with van der Waals surface area (Å²) in [5.41, 5.74) is -2.07. The first-order valence-electron chi connectivity index (χ1n) is 12.8. The number of aromatic nitrogens is 4. The number of aliphatic carboxylic acids is 1. The number of amides is 3. The van der Waals surface area contributed by atoms with Gasteiger partial charge in [-0.05, 0) is 30.7 Å². The van der Waals surface area contributed by atoms with Gasteiger partial charge in [-0.2, -0.15) is 18.2 Å². The molecule has 234 valence electrons. The molecule has 0 aliphatic carbocycles. The number of methoxy groups -OCH3 is 1. The van der Waals surface area contributed by atoms with Crippen molar-refractivity contribution in [2.24, 2.45) is 5.92 Å². The zero-order chi connectivity index (χ0) is 32.8. The van der Waals surface area contributed by atoms with Crippen molar-refractivity contribution in [1.29, 1.82) is 0 Å². The molecule has 0 spiro atoms. The third-order valence-corrected chi connectivity index (χ3v) is 5.92. The molecule has 0 aliphatic heterocycles. The maximum absolute atomic E-state index is 13.5. The first-order chi connectivity index (χ1) is 20.6. The van der Waals surface area contributed by atoms with Crippen molar-refractivity contribution in [3.8, 4) is 0 Å². The molecule has 3 rings (SSSR count). The number of carboxylic acids is 1. The monoisotopic (exact) mass is 621 g/mol. The van der Waals surface area contributed by atoms with Crippen molar-refractivity contribution >= 4 is 52.5 Å². The van der Waals surface area contributed by atoms with Crippen LogP contribution in [0.4, 0.5) is 24.8 Å². The van der Waals surface area contributed by atoms with E-state index < -0.39 is 66.3 Å². The van der Waals surface area contributed by atoms with Crippen LogP contribution in [-0.2, 0) is 30.5 Å². The number of halogens is 3. The number of fused-ring (bicyclic) bond motifs is 1. The van der Waals surface area contributed by atoms with Gasteiger partial charge >= 0.3 is 24.0 Å². The Morgan fingerprint density at radius 2 is 1.75 bits per heavy atom. The molecule has 0 fully saturated rings. The summed E-state index contributed by atoms with van der Waals surface area (Å²) in [6.07, 6.45) is -5.05. The number of nitrogens with one attached hydrogen (secondary N) is 3. The molecule has 18 heteroatoms. The molecule has 44 heavy (non-hydrogen) atoms. The van der Waals surface area contributed by atoms with Gasteiger partial charge in [0.15, 0.2) is 11.2 Å². The number of rotatable bonds is 11. The van der Waals surface area contributed by atoms with E-state index in [0.29, 0.717) is 4.90 Å². The average Bonchev–Trinajstić information content (AvgIpc) is 2.96. The highest BCUT2D eigenvalue weighted by atomic mass is 19.4. The third kappa shape index (κ3) is 8.33. The summed E-state index contributed by atoms with van der Waals surface area (Å²) in [7, 11) is 1.04. The standard InChI is InChI=1S/C26H26F3N7O8/c1-12(2)20(39)34-25-33-19-18(22(41)35-25)31-14(10-30-19)11-36(24(43)26(27,28)29)15-6-4-13(5-7-15)21(40)32-16(23(42)44-3)8-9-17(37)38/h4-7,10,12,16H,8-9,11H2,1-3H3,(H,32,40)(H,37,38)(H2,30,33,34,35,39,41)/t16-/m0/s1. The lowest BCUT2D eigenvalue weighted by atomic mass is 10.1. The van der Waals surface area contributed by atoms with Crippen LogP contribution in [0.2, 0.25) is 0 Å². The smallest absolute Gasteiger partial charge is 0.471 e. The van der Waals surface area contributed by atoms with E-state index in [0.717, 1.165) is 37.6 Å². The van der Waals surface area contributed by atoms with Crippen LogP contribution in [0.5, 0.6) is 0 Å². The van der Waals surface area contributed by atoms with E-state index in [2.05, 4.69) is 35.3 Å². The van der Waals surface area contributed by atoms with Gasteiger partial charge in [-0.3, -0.25) is 39.2 Å². The van der Waals surface area contributed by atoms with Gasteiger partial charge in [0.2, 0.25) is 11.9 Å². The normalized spacial score (nSPS) is 12.0. The molecule has 0 bridgehead atoms. The molecule has 0 saturated heterocycles. The summed E-state index contributed by atoms with van der Waals surface area (Å²) in [4.78, 5) is 86.8. The lowest BCUT2D eigenvalue weighted by molar-refractivity contribution is -0.170. The number of hydrogen-bond donors (Lipinski definition) is 4. The fraction of sp³-hybridized carbons (Fsp3) is 0.346. The van der Waals surface area contributed by atoms with Crippen LogP contribution in [0.1, 0.15) is 42.7 Å². The second-order valence-corrected chi connectivity index (χ2v) is 9.51. The number of carbonyl (C=O) groups is 5. The van der Waals surface area contributed by atoms with Gasteiger partial charge in [-0.25, -0.2) is 14.8 Å². The van der Waals surface area contributed by atoms with Crippen LogP contribution in [0.15, 0.2) is 35.3 Å². The minimum Gasteiger partial charge on any atom is -0.481 e. The molecule has 3 aromatic rings. The Labute approximate surface area is 245 Å². The van der Waals surface area contributed by atoms with E-state index in [1.165, 1.54) is 0 Å². The molecular formula is C26H26F3N7O8. The summed E-state index contributed by atoms with van der Waals surface area (Å²) in [6.45, 7) is 2.43. The molecular weight excluding hydrogens is 595 g/mol. The molecule has 15 nitrogen and oxygen atoms in total. The van der Waals surface area contributed by atoms with E-state index in [-0.39, 0.29) is 40.5 Å². The van der Waals surface area contributed by atoms with Gasteiger partial charge in [0.05, 0.1) is 25.5 Å². The van der Waals surface area contributed by atoms with Crippen molar-refractivity contribution in [2.75, 3.05) is 17.3 Å². The summed E-state index contributed by atoms with van der Waals surface area (Å²) >= 11 is 0. The second-order valence-electron chi connectivity index (χ2n) is 9.51. The van der Waals surface area contributed by atoms with E-state index >= 15 is 0 Å². The molecule has 0 unspecified atom stereocenters. The van der Waals surface area contributed by atoms with Gasteiger partial charge in [0, 0.05) is 23.6 Å². The molecule has 1 atom stereocenters. The van der Waals surface area contributed by atoms with Crippen LogP contribution in [0.3, 0.4) is 0 Å². The molecule has 2 heterocycles. The Morgan fingerprint density at radius 3 is 2.32 bits per heavy atom. The highest BCUT2D eigenvalue weighted by molar-refractivity contribution is 5.99. The fourth-order valence-electron chi connectivity index (χ4n) is 3.64. The Hall–Kier alpha value is -5.42. The third-order valence-electron chi connectivity index (χ3n) is 5.92. The van der Waals surface area contributed by atoms with Crippen molar-refractivity contribution in [2.45, 2.75) is 45.5 Å². The van der Waals surface area contributed by atoms with Crippen LogP contribution < -0.4 is 21.1 Å². The van der Waals surface area contributed by atoms with Gasteiger partial charge in [0.25, 0.3) is 11.5 Å². The molecule has 4 N–H and O–H groups in total. The molecule has 0 saturated carbocycles. The van der Waals surface area contributed by atoms with Crippen LogP contribution in [0, 0.1) is 5.92 Å². The number of hydrogen-bond acceptors (Lipinski definition) is 10. The van der Waals surface area contributed by atoms with Crippen LogP contribution in [-0.4, -0.2) is 74.0 Å². The molecule has 3 amide bonds. The van der Waals surface area contributed by atoms with E-state index in [1.54, 1.807) is 13.8 Å². The number of aromatic amines is 1. The summed E-state index contributed by atoms with van der Waals surface area (Å²) in [6, 6.07) is 2.93. The van der Waals surface area contributed by atoms with Gasteiger partial charge in [-0.1, -0.05) is 13.8 Å². The summed E-state index contributed by atoms with van der Waals surface area (Å²) < 4.78 is 45.1. The number of alkyl halides is 3. The Morgan fingerprint density at radius 1 is 1.09 bits per heavy atom. The highest BCUT2D eigenvalue weighted by Crippen LogP contribution is 2.26. The highest BCUT2D eigenvalue weighted by Gasteiger charge is 2.43.